The first kappa shape index (κ1) is 13.1. The molecule has 1 nitrogen and oxygen atoms in total. The Hall–Kier alpha value is -0.980. The van der Waals surface area contributed by atoms with E-state index in [-0.39, 0.29) is 0 Å². The number of benzene rings is 1. The van der Waals surface area contributed by atoms with Gasteiger partial charge < -0.3 is 5.11 Å². The lowest BCUT2D eigenvalue weighted by Gasteiger charge is -2.20. The van der Waals surface area contributed by atoms with Crippen molar-refractivity contribution >= 4 is 0 Å². The second-order valence-electron chi connectivity index (χ2n) is 4.83. The van der Waals surface area contributed by atoms with Crippen molar-refractivity contribution in [3.63, 3.8) is 0 Å². The van der Waals surface area contributed by atoms with Gasteiger partial charge >= 0.3 is 0 Å². The molecule has 2 atom stereocenters. The maximum absolute atomic E-state index is 9.30. The van der Waals surface area contributed by atoms with Gasteiger partial charge in [-0.15, -0.1) is 0 Å². The first-order chi connectivity index (χ1) is 7.67. The van der Waals surface area contributed by atoms with Gasteiger partial charge in [0.25, 0.3) is 0 Å². The zero-order valence-electron chi connectivity index (χ0n) is 10.7. The van der Waals surface area contributed by atoms with Crippen LogP contribution in [-0.4, -0.2) is 5.11 Å². The van der Waals surface area contributed by atoms with E-state index in [0.29, 0.717) is 11.7 Å². The number of rotatable bonds is 6. The van der Waals surface area contributed by atoms with Gasteiger partial charge in [0.1, 0.15) is 5.75 Å². The number of aromatic hydroxyl groups is 1. The summed E-state index contributed by atoms with van der Waals surface area (Å²) < 4.78 is 0. The van der Waals surface area contributed by atoms with Crippen LogP contribution in [0, 0.1) is 5.92 Å². The van der Waals surface area contributed by atoms with Crippen LogP contribution in [0.1, 0.15) is 57.9 Å². The zero-order valence-corrected chi connectivity index (χ0v) is 10.7. The van der Waals surface area contributed by atoms with E-state index in [2.05, 4.69) is 32.9 Å². The molecule has 0 spiro atoms. The third kappa shape index (κ3) is 3.88. The highest BCUT2D eigenvalue weighted by Crippen LogP contribution is 2.30. The van der Waals surface area contributed by atoms with Crippen LogP contribution in [0.2, 0.25) is 0 Å². The maximum Gasteiger partial charge on any atom is 0.115 e. The summed E-state index contributed by atoms with van der Waals surface area (Å²) in [6.45, 7) is 6.82. The van der Waals surface area contributed by atoms with Gasteiger partial charge in [-0.1, -0.05) is 45.7 Å². The Kier molecular flexibility index (Phi) is 5.37. The Balaban J connectivity index is 2.72. The molecule has 1 heteroatoms. The van der Waals surface area contributed by atoms with Crippen LogP contribution in [0.3, 0.4) is 0 Å². The van der Waals surface area contributed by atoms with E-state index >= 15 is 0 Å². The van der Waals surface area contributed by atoms with E-state index < -0.39 is 0 Å². The Morgan fingerprint density at radius 3 is 2.25 bits per heavy atom. The SMILES string of the molecule is CCCC(CC(C)CC)c1ccc(O)cc1. The topological polar surface area (TPSA) is 20.2 Å². The molecule has 16 heavy (non-hydrogen) atoms. The molecule has 0 saturated carbocycles. The molecule has 90 valence electrons. The van der Waals surface area contributed by atoms with Crippen molar-refractivity contribution < 1.29 is 5.11 Å². The number of hydrogen-bond donors (Lipinski definition) is 1. The fourth-order valence-electron chi connectivity index (χ4n) is 2.17. The molecule has 0 heterocycles. The molecule has 0 radical (unpaired) electrons. The molecule has 0 aromatic heterocycles. The number of hydrogen-bond acceptors (Lipinski definition) is 1. The molecule has 1 aromatic rings. The highest BCUT2D eigenvalue weighted by atomic mass is 16.3. The summed E-state index contributed by atoms with van der Waals surface area (Å²) in [4.78, 5) is 0. The summed E-state index contributed by atoms with van der Waals surface area (Å²) in [6.07, 6.45) is 4.98. The van der Waals surface area contributed by atoms with Gasteiger partial charge in [0.15, 0.2) is 0 Å². The van der Waals surface area contributed by atoms with E-state index in [9.17, 15) is 5.11 Å². The van der Waals surface area contributed by atoms with Crippen LogP contribution in [0.25, 0.3) is 0 Å². The third-order valence-corrected chi connectivity index (χ3v) is 3.39. The quantitative estimate of drug-likeness (QED) is 0.736. The lowest BCUT2D eigenvalue weighted by atomic mass is 9.85. The maximum atomic E-state index is 9.30. The van der Waals surface area contributed by atoms with Crippen molar-refractivity contribution in [2.24, 2.45) is 5.92 Å². The molecule has 1 rings (SSSR count). The fourth-order valence-corrected chi connectivity index (χ4v) is 2.17. The second-order valence-corrected chi connectivity index (χ2v) is 4.83. The van der Waals surface area contributed by atoms with E-state index in [1.807, 2.05) is 0 Å². The van der Waals surface area contributed by atoms with E-state index in [1.54, 1.807) is 12.1 Å². The smallest absolute Gasteiger partial charge is 0.115 e. The van der Waals surface area contributed by atoms with Crippen molar-refractivity contribution in [2.45, 2.75) is 52.4 Å². The predicted octanol–water partition coefficient (Wildman–Crippen LogP) is 4.71. The standard InChI is InChI=1S/C15H24O/c1-4-6-14(11-12(3)5-2)13-7-9-15(16)10-8-13/h7-10,12,14,16H,4-6,11H2,1-3H3. The minimum absolute atomic E-state index is 0.363. The summed E-state index contributed by atoms with van der Waals surface area (Å²) in [5.74, 6) is 1.80. The Labute approximate surface area is 99.5 Å². The van der Waals surface area contributed by atoms with Gasteiger partial charge in [0.2, 0.25) is 0 Å². The minimum Gasteiger partial charge on any atom is -0.508 e. The monoisotopic (exact) mass is 220 g/mol. The van der Waals surface area contributed by atoms with Gasteiger partial charge in [0.05, 0.1) is 0 Å². The van der Waals surface area contributed by atoms with Gasteiger partial charge in [-0.3, -0.25) is 0 Å². The largest absolute Gasteiger partial charge is 0.508 e. The van der Waals surface area contributed by atoms with Crippen molar-refractivity contribution in [3.05, 3.63) is 29.8 Å². The van der Waals surface area contributed by atoms with Crippen molar-refractivity contribution in [2.75, 3.05) is 0 Å². The molecule has 0 aliphatic heterocycles. The van der Waals surface area contributed by atoms with Crippen molar-refractivity contribution in [1.82, 2.24) is 0 Å². The van der Waals surface area contributed by atoms with Crippen LogP contribution < -0.4 is 0 Å². The summed E-state index contributed by atoms with van der Waals surface area (Å²) >= 11 is 0. The number of phenols is 1. The third-order valence-electron chi connectivity index (χ3n) is 3.39. The van der Waals surface area contributed by atoms with Crippen molar-refractivity contribution in [1.29, 1.82) is 0 Å². The first-order valence-corrected chi connectivity index (χ1v) is 6.46. The first-order valence-electron chi connectivity index (χ1n) is 6.46. The fraction of sp³-hybridized carbons (Fsp3) is 0.600. The average molecular weight is 220 g/mol. The average Bonchev–Trinajstić information content (AvgIpc) is 2.29. The molecule has 0 saturated heterocycles. The molecular weight excluding hydrogens is 196 g/mol. The summed E-state index contributed by atoms with van der Waals surface area (Å²) in [6, 6.07) is 7.74. The van der Waals surface area contributed by atoms with Gasteiger partial charge in [-0.05, 0) is 42.4 Å². The molecule has 0 fully saturated rings. The summed E-state index contributed by atoms with van der Waals surface area (Å²) in [5.41, 5.74) is 1.37. The molecule has 2 unspecified atom stereocenters. The van der Waals surface area contributed by atoms with Gasteiger partial charge in [-0.2, -0.15) is 0 Å². The second kappa shape index (κ2) is 6.57. The Bertz CT molecular complexity index is 289. The highest BCUT2D eigenvalue weighted by Gasteiger charge is 2.13. The Morgan fingerprint density at radius 2 is 1.75 bits per heavy atom. The summed E-state index contributed by atoms with van der Waals surface area (Å²) in [7, 11) is 0. The number of phenolic OH excluding ortho intramolecular Hbond substituents is 1. The van der Waals surface area contributed by atoms with E-state index in [0.717, 1.165) is 5.92 Å². The van der Waals surface area contributed by atoms with E-state index in [4.69, 9.17) is 0 Å². The van der Waals surface area contributed by atoms with Crippen LogP contribution in [0.15, 0.2) is 24.3 Å². The van der Waals surface area contributed by atoms with Crippen molar-refractivity contribution in [3.8, 4) is 5.75 Å². The molecule has 1 N–H and O–H groups in total. The van der Waals surface area contributed by atoms with Gasteiger partial charge in [0, 0.05) is 0 Å². The normalized spacial score (nSPS) is 14.7. The molecule has 1 aromatic carbocycles. The summed E-state index contributed by atoms with van der Waals surface area (Å²) in [5, 5.41) is 9.30. The molecule has 0 aliphatic carbocycles. The molecule has 0 amide bonds. The highest BCUT2D eigenvalue weighted by molar-refractivity contribution is 5.28. The van der Waals surface area contributed by atoms with Crippen LogP contribution in [0.4, 0.5) is 0 Å². The van der Waals surface area contributed by atoms with Crippen LogP contribution in [0.5, 0.6) is 5.75 Å². The molecule has 0 bridgehead atoms. The lowest BCUT2D eigenvalue weighted by Crippen LogP contribution is -2.04. The molecular formula is C15H24O. The zero-order chi connectivity index (χ0) is 12.0. The van der Waals surface area contributed by atoms with Crippen LogP contribution in [-0.2, 0) is 0 Å². The van der Waals surface area contributed by atoms with Gasteiger partial charge in [-0.25, -0.2) is 0 Å². The van der Waals surface area contributed by atoms with E-state index in [1.165, 1.54) is 31.2 Å². The lowest BCUT2D eigenvalue weighted by molar-refractivity contribution is 0.434. The minimum atomic E-state index is 0.363. The Morgan fingerprint density at radius 1 is 1.12 bits per heavy atom. The predicted molar refractivity (Wildman–Crippen MR) is 69.8 cm³/mol. The van der Waals surface area contributed by atoms with Crippen LogP contribution >= 0.6 is 0 Å². The molecule has 0 aliphatic rings.